The molecule has 0 spiro atoms. The molecule has 1 aliphatic heterocycles. The number of nitrogens with zero attached hydrogens (tertiary/aromatic N) is 2. The lowest BCUT2D eigenvalue weighted by molar-refractivity contribution is 0.100. The van der Waals surface area contributed by atoms with Gasteiger partial charge in [-0.2, -0.15) is 0 Å². The highest BCUT2D eigenvalue weighted by molar-refractivity contribution is 5.98. The third-order valence-corrected chi connectivity index (χ3v) is 3.86. The molecule has 3 N–H and O–H groups in total. The van der Waals surface area contributed by atoms with Crippen LogP contribution >= 0.6 is 0 Å². The Kier molecular flexibility index (Phi) is 5.95. The summed E-state index contributed by atoms with van der Waals surface area (Å²) in [5, 5.41) is 3.43. The van der Waals surface area contributed by atoms with Crippen molar-refractivity contribution in [3.05, 3.63) is 24.0 Å². The minimum absolute atomic E-state index is 0.379. The van der Waals surface area contributed by atoms with Gasteiger partial charge in [0.2, 0.25) is 0 Å². The van der Waals surface area contributed by atoms with Crippen molar-refractivity contribution in [3.8, 4) is 0 Å². The highest BCUT2D eigenvalue weighted by atomic mass is 16.5. The Morgan fingerprint density at radius 1 is 1.52 bits per heavy atom. The van der Waals surface area contributed by atoms with Crippen molar-refractivity contribution in [2.75, 3.05) is 38.7 Å². The van der Waals surface area contributed by atoms with Gasteiger partial charge in [-0.15, -0.1) is 0 Å². The van der Waals surface area contributed by atoms with Crippen LogP contribution in [0, 0.1) is 0 Å². The molecule has 1 amide bonds. The molecule has 2 rings (SSSR count). The summed E-state index contributed by atoms with van der Waals surface area (Å²) in [6.07, 6.45) is 6.39. The third kappa shape index (κ3) is 4.68. The average molecular weight is 292 g/mol. The molecule has 2 heterocycles. The van der Waals surface area contributed by atoms with E-state index in [-0.39, 0.29) is 0 Å². The molecule has 21 heavy (non-hydrogen) atoms. The van der Waals surface area contributed by atoms with Crippen molar-refractivity contribution < 1.29 is 9.53 Å². The number of primary amides is 1. The van der Waals surface area contributed by atoms with Gasteiger partial charge >= 0.3 is 0 Å². The first-order valence-electron chi connectivity index (χ1n) is 7.42. The standard InChI is InChI=1S/C15H24N4O2/c1-21-10-2-7-19-8-4-12(5-9-19)18-14-3-6-17-11-13(14)15(16)20/h3,6,11-12H,2,4-5,7-10H2,1H3,(H2,16,20)(H,17,18). The second kappa shape index (κ2) is 7.95. The van der Waals surface area contributed by atoms with Gasteiger partial charge in [0.15, 0.2) is 0 Å². The first-order valence-corrected chi connectivity index (χ1v) is 7.42. The highest BCUT2D eigenvalue weighted by Gasteiger charge is 2.20. The summed E-state index contributed by atoms with van der Waals surface area (Å²) in [5.41, 5.74) is 6.62. The zero-order chi connectivity index (χ0) is 15.1. The molecule has 0 unspecified atom stereocenters. The lowest BCUT2D eigenvalue weighted by atomic mass is 10.0. The first kappa shape index (κ1) is 15.7. The molecule has 0 radical (unpaired) electrons. The zero-order valence-electron chi connectivity index (χ0n) is 12.5. The van der Waals surface area contributed by atoms with Gasteiger partial charge in [0.05, 0.1) is 11.3 Å². The summed E-state index contributed by atoms with van der Waals surface area (Å²) in [4.78, 5) is 17.8. The predicted octanol–water partition coefficient (Wildman–Crippen LogP) is 1.09. The summed E-state index contributed by atoms with van der Waals surface area (Å²) >= 11 is 0. The van der Waals surface area contributed by atoms with Crippen LogP contribution in [0.15, 0.2) is 18.5 Å². The van der Waals surface area contributed by atoms with E-state index in [9.17, 15) is 4.79 Å². The number of aromatic nitrogens is 1. The van der Waals surface area contributed by atoms with Gasteiger partial charge in [-0.05, 0) is 25.3 Å². The number of rotatable bonds is 7. The third-order valence-electron chi connectivity index (χ3n) is 3.86. The Morgan fingerprint density at radius 3 is 2.95 bits per heavy atom. The van der Waals surface area contributed by atoms with Crippen molar-refractivity contribution >= 4 is 11.6 Å². The Balaban J connectivity index is 1.82. The van der Waals surface area contributed by atoms with E-state index in [1.54, 1.807) is 13.3 Å². The summed E-state index contributed by atoms with van der Waals surface area (Å²) < 4.78 is 5.08. The number of nitrogens with one attached hydrogen (secondary N) is 1. The number of hydrogen-bond acceptors (Lipinski definition) is 5. The lowest BCUT2D eigenvalue weighted by Gasteiger charge is -2.33. The summed E-state index contributed by atoms with van der Waals surface area (Å²) in [7, 11) is 1.74. The number of methoxy groups -OCH3 is 1. The van der Waals surface area contributed by atoms with Crippen LogP contribution < -0.4 is 11.1 Å². The zero-order valence-corrected chi connectivity index (χ0v) is 12.5. The normalized spacial score (nSPS) is 16.8. The van der Waals surface area contributed by atoms with E-state index in [2.05, 4.69) is 15.2 Å². The second-order valence-corrected chi connectivity index (χ2v) is 5.39. The molecule has 1 aromatic rings. The first-order chi connectivity index (χ1) is 10.2. The SMILES string of the molecule is COCCCN1CCC(Nc2ccncc2C(N)=O)CC1. The van der Waals surface area contributed by atoms with Crippen LogP contribution in [0.5, 0.6) is 0 Å². The molecule has 0 aromatic carbocycles. The van der Waals surface area contributed by atoms with Crippen LogP contribution in [0.3, 0.4) is 0 Å². The van der Waals surface area contributed by atoms with E-state index in [1.165, 1.54) is 6.20 Å². The maximum absolute atomic E-state index is 11.4. The van der Waals surface area contributed by atoms with Crippen LogP contribution in [-0.2, 0) is 4.74 Å². The molecule has 1 fully saturated rings. The van der Waals surface area contributed by atoms with E-state index in [1.807, 2.05) is 6.07 Å². The fourth-order valence-corrected chi connectivity index (χ4v) is 2.67. The van der Waals surface area contributed by atoms with Crippen LogP contribution in [0.2, 0.25) is 0 Å². The maximum atomic E-state index is 11.4. The van der Waals surface area contributed by atoms with Gasteiger partial charge in [-0.25, -0.2) is 0 Å². The van der Waals surface area contributed by atoms with Gasteiger partial charge in [0.25, 0.3) is 5.91 Å². The number of carbonyl (C=O) groups excluding carboxylic acids is 1. The molecule has 116 valence electrons. The van der Waals surface area contributed by atoms with E-state index >= 15 is 0 Å². The van der Waals surface area contributed by atoms with E-state index < -0.39 is 5.91 Å². The molecule has 6 heteroatoms. The van der Waals surface area contributed by atoms with E-state index in [0.717, 1.165) is 51.2 Å². The van der Waals surface area contributed by atoms with Crippen LogP contribution in [0.4, 0.5) is 5.69 Å². The minimum Gasteiger partial charge on any atom is -0.385 e. The van der Waals surface area contributed by atoms with Crippen LogP contribution in [0.25, 0.3) is 0 Å². The van der Waals surface area contributed by atoms with Crippen molar-refractivity contribution in [2.24, 2.45) is 5.73 Å². The molecule has 1 saturated heterocycles. The summed E-state index contributed by atoms with van der Waals surface area (Å²) in [6.45, 7) is 4.04. The number of carbonyl (C=O) groups is 1. The number of hydrogen-bond donors (Lipinski definition) is 2. The molecule has 0 aliphatic carbocycles. The number of piperidine rings is 1. The summed E-state index contributed by atoms with van der Waals surface area (Å²) in [5.74, 6) is -0.442. The second-order valence-electron chi connectivity index (χ2n) is 5.39. The highest BCUT2D eigenvalue weighted by Crippen LogP contribution is 2.19. The molecule has 0 saturated carbocycles. The van der Waals surface area contributed by atoms with Gasteiger partial charge in [-0.1, -0.05) is 0 Å². The van der Waals surface area contributed by atoms with Crippen molar-refractivity contribution in [2.45, 2.75) is 25.3 Å². The molecule has 1 aromatic heterocycles. The quantitative estimate of drug-likeness (QED) is 0.735. The topological polar surface area (TPSA) is 80.5 Å². The van der Waals surface area contributed by atoms with E-state index in [0.29, 0.717) is 11.6 Å². The minimum atomic E-state index is -0.442. The fraction of sp³-hybridized carbons (Fsp3) is 0.600. The maximum Gasteiger partial charge on any atom is 0.252 e. The Morgan fingerprint density at radius 2 is 2.29 bits per heavy atom. The smallest absolute Gasteiger partial charge is 0.252 e. The number of nitrogens with two attached hydrogens (primary N) is 1. The molecular weight excluding hydrogens is 268 g/mol. The largest absolute Gasteiger partial charge is 0.385 e. The van der Waals surface area contributed by atoms with Crippen LogP contribution in [-0.4, -0.2) is 55.2 Å². The van der Waals surface area contributed by atoms with Gasteiger partial charge < -0.3 is 20.7 Å². The fourth-order valence-electron chi connectivity index (χ4n) is 2.67. The predicted molar refractivity (Wildman–Crippen MR) is 82.3 cm³/mol. The monoisotopic (exact) mass is 292 g/mol. The average Bonchev–Trinajstić information content (AvgIpc) is 2.50. The molecule has 0 bridgehead atoms. The lowest BCUT2D eigenvalue weighted by Crippen LogP contribution is -2.40. The van der Waals surface area contributed by atoms with Crippen molar-refractivity contribution in [3.63, 3.8) is 0 Å². The molecule has 6 nitrogen and oxygen atoms in total. The molecular formula is C15H24N4O2. The Hall–Kier alpha value is -1.66. The van der Waals surface area contributed by atoms with Crippen LogP contribution in [0.1, 0.15) is 29.6 Å². The molecule has 1 aliphatic rings. The number of ether oxygens (including phenoxy) is 1. The molecule has 0 atom stereocenters. The Labute approximate surface area is 125 Å². The van der Waals surface area contributed by atoms with Crippen molar-refractivity contribution in [1.29, 1.82) is 0 Å². The van der Waals surface area contributed by atoms with E-state index in [4.69, 9.17) is 10.5 Å². The number of anilines is 1. The van der Waals surface area contributed by atoms with Gasteiger partial charge in [0, 0.05) is 51.8 Å². The van der Waals surface area contributed by atoms with Gasteiger partial charge in [-0.3, -0.25) is 9.78 Å². The van der Waals surface area contributed by atoms with Crippen molar-refractivity contribution in [1.82, 2.24) is 9.88 Å². The number of amides is 1. The Bertz CT molecular complexity index is 459. The number of likely N-dealkylation sites (tertiary alicyclic amines) is 1. The summed E-state index contributed by atoms with van der Waals surface area (Å²) in [6, 6.07) is 2.19. The van der Waals surface area contributed by atoms with Gasteiger partial charge in [0.1, 0.15) is 0 Å². The number of pyridine rings is 1.